The van der Waals surface area contributed by atoms with Crippen LogP contribution in [0.1, 0.15) is 29.6 Å². The van der Waals surface area contributed by atoms with Gasteiger partial charge in [-0.2, -0.15) is 0 Å². The Labute approximate surface area is 181 Å². The molecule has 1 aliphatic rings. The molecule has 0 saturated carbocycles. The Morgan fingerprint density at radius 3 is 2.43 bits per heavy atom. The zero-order valence-corrected chi connectivity index (χ0v) is 18.0. The van der Waals surface area contributed by atoms with Gasteiger partial charge in [-0.05, 0) is 90.5 Å². The molecule has 9 heteroatoms. The summed E-state index contributed by atoms with van der Waals surface area (Å²) in [6.07, 6.45) is 3.16. The summed E-state index contributed by atoms with van der Waals surface area (Å²) >= 11 is 7.37. The van der Waals surface area contributed by atoms with Crippen molar-refractivity contribution in [2.24, 2.45) is 0 Å². The number of amides is 1. The predicted octanol–water partition coefficient (Wildman–Crippen LogP) is 4.32. The van der Waals surface area contributed by atoms with Gasteiger partial charge >= 0.3 is 0 Å². The molecule has 0 atom stereocenters. The molecule has 1 amide bonds. The SMILES string of the molecule is O=C(NC(=S)Nc1ccc(I)cc1)c1ccc(N2CCCCC2)c([N+](=O)[O-])c1. The van der Waals surface area contributed by atoms with Gasteiger partial charge in [-0.3, -0.25) is 20.2 Å². The molecule has 0 aliphatic carbocycles. The van der Waals surface area contributed by atoms with Crippen LogP contribution in [0.3, 0.4) is 0 Å². The third-order valence-electron chi connectivity index (χ3n) is 4.46. The molecule has 1 aliphatic heterocycles. The number of nitrogens with one attached hydrogen (secondary N) is 2. The summed E-state index contributed by atoms with van der Waals surface area (Å²) in [6, 6.07) is 12.1. The maximum absolute atomic E-state index is 12.5. The van der Waals surface area contributed by atoms with E-state index in [2.05, 4.69) is 33.2 Å². The van der Waals surface area contributed by atoms with Crippen molar-refractivity contribution in [2.45, 2.75) is 19.3 Å². The number of nitrogens with zero attached hydrogens (tertiary/aromatic N) is 2. The summed E-state index contributed by atoms with van der Waals surface area (Å²) in [6.45, 7) is 1.58. The van der Waals surface area contributed by atoms with Crippen molar-refractivity contribution in [3.8, 4) is 0 Å². The molecule has 2 aromatic rings. The van der Waals surface area contributed by atoms with E-state index in [0.29, 0.717) is 5.69 Å². The number of nitro benzene ring substituents is 1. The van der Waals surface area contributed by atoms with Crippen LogP contribution in [0, 0.1) is 13.7 Å². The number of halogens is 1. The number of piperidine rings is 1. The first-order valence-corrected chi connectivity index (χ1v) is 10.3. The van der Waals surface area contributed by atoms with Crippen molar-refractivity contribution in [1.82, 2.24) is 5.32 Å². The summed E-state index contributed by atoms with van der Waals surface area (Å²) in [5.74, 6) is -0.490. The number of rotatable bonds is 4. The van der Waals surface area contributed by atoms with Crippen molar-refractivity contribution in [3.63, 3.8) is 0 Å². The smallest absolute Gasteiger partial charge is 0.293 e. The van der Waals surface area contributed by atoms with Crippen LogP contribution < -0.4 is 15.5 Å². The van der Waals surface area contributed by atoms with E-state index in [9.17, 15) is 14.9 Å². The summed E-state index contributed by atoms with van der Waals surface area (Å²) in [7, 11) is 0. The fourth-order valence-corrected chi connectivity index (χ4v) is 3.65. The third kappa shape index (κ3) is 5.16. The van der Waals surface area contributed by atoms with E-state index in [1.807, 2.05) is 29.2 Å². The molecular weight excluding hydrogens is 491 g/mol. The van der Waals surface area contributed by atoms with Gasteiger partial charge in [-0.1, -0.05) is 0 Å². The third-order valence-corrected chi connectivity index (χ3v) is 5.38. The largest absolute Gasteiger partial charge is 0.366 e. The van der Waals surface area contributed by atoms with E-state index >= 15 is 0 Å². The number of carbonyl (C=O) groups excluding carboxylic acids is 1. The molecule has 0 aromatic heterocycles. The van der Waals surface area contributed by atoms with Gasteiger partial charge in [0.15, 0.2) is 5.11 Å². The lowest BCUT2D eigenvalue weighted by atomic mass is 10.1. The van der Waals surface area contributed by atoms with E-state index in [1.54, 1.807) is 12.1 Å². The molecule has 7 nitrogen and oxygen atoms in total. The molecule has 1 heterocycles. The number of nitro groups is 1. The number of hydrogen-bond donors (Lipinski definition) is 2. The molecule has 146 valence electrons. The normalized spacial score (nSPS) is 13.7. The molecule has 2 aromatic carbocycles. The quantitative estimate of drug-likeness (QED) is 0.276. The van der Waals surface area contributed by atoms with E-state index in [1.165, 1.54) is 6.07 Å². The number of hydrogen-bond acceptors (Lipinski definition) is 5. The number of thiocarbonyl (C=S) groups is 1. The van der Waals surface area contributed by atoms with Crippen LogP contribution >= 0.6 is 34.8 Å². The van der Waals surface area contributed by atoms with Crippen LogP contribution in [0.2, 0.25) is 0 Å². The zero-order chi connectivity index (χ0) is 20.1. The molecule has 0 radical (unpaired) electrons. The van der Waals surface area contributed by atoms with E-state index in [0.717, 1.165) is 41.6 Å². The summed E-state index contributed by atoms with van der Waals surface area (Å²) < 4.78 is 1.08. The molecule has 28 heavy (non-hydrogen) atoms. The van der Waals surface area contributed by atoms with E-state index < -0.39 is 10.8 Å². The maximum atomic E-state index is 12.5. The Bertz CT molecular complexity index is 899. The number of benzene rings is 2. The van der Waals surface area contributed by atoms with Crippen molar-refractivity contribution in [2.75, 3.05) is 23.3 Å². The molecule has 1 fully saturated rings. The van der Waals surface area contributed by atoms with Gasteiger partial charge in [0.2, 0.25) is 0 Å². The first-order valence-electron chi connectivity index (χ1n) is 8.85. The lowest BCUT2D eigenvalue weighted by Gasteiger charge is -2.28. The van der Waals surface area contributed by atoms with Crippen LogP contribution in [-0.4, -0.2) is 29.0 Å². The number of anilines is 2. The molecule has 1 saturated heterocycles. The highest BCUT2D eigenvalue weighted by Crippen LogP contribution is 2.31. The van der Waals surface area contributed by atoms with Crippen molar-refractivity contribution < 1.29 is 9.72 Å². The van der Waals surface area contributed by atoms with Crippen LogP contribution in [-0.2, 0) is 0 Å². The van der Waals surface area contributed by atoms with Gasteiger partial charge in [0.25, 0.3) is 11.6 Å². The zero-order valence-electron chi connectivity index (χ0n) is 15.0. The van der Waals surface area contributed by atoms with Gasteiger partial charge in [0.05, 0.1) is 4.92 Å². The molecule has 0 bridgehead atoms. The fraction of sp³-hybridized carbons (Fsp3) is 0.263. The van der Waals surface area contributed by atoms with Crippen LogP contribution in [0.4, 0.5) is 17.1 Å². The van der Waals surface area contributed by atoms with Gasteiger partial charge in [-0.15, -0.1) is 0 Å². The second-order valence-corrected chi connectivity index (χ2v) is 8.08. The summed E-state index contributed by atoms with van der Waals surface area (Å²) in [4.78, 5) is 25.6. The Hall–Kier alpha value is -2.27. The fourth-order valence-electron chi connectivity index (χ4n) is 3.08. The first-order chi connectivity index (χ1) is 13.4. The van der Waals surface area contributed by atoms with Crippen LogP contribution in [0.5, 0.6) is 0 Å². The summed E-state index contributed by atoms with van der Waals surface area (Å²) in [5, 5.41) is 17.2. The van der Waals surface area contributed by atoms with Gasteiger partial charge in [-0.25, -0.2) is 0 Å². The monoisotopic (exact) mass is 510 g/mol. The van der Waals surface area contributed by atoms with E-state index in [4.69, 9.17) is 12.2 Å². The second-order valence-electron chi connectivity index (χ2n) is 6.42. The average Bonchev–Trinajstić information content (AvgIpc) is 2.69. The Balaban J connectivity index is 1.72. The molecule has 0 unspecified atom stereocenters. The first kappa shape index (κ1) is 20.5. The Morgan fingerprint density at radius 1 is 1.11 bits per heavy atom. The molecule has 0 spiro atoms. The standard InChI is InChI=1S/C19H19IN4O3S/c20-14-5-7-15(8-6-14)21-19(28)22-18(25)13-4-9-16(17(12-13)24(26)27)23-10-2-1-3-11-23/h4-9,12H,1-3,10-11H2,(H2,21,22,25,28). The lowest BCUT2D eigenvalue weighted by molar-refractivity contribution is -0.384. The van der Waals surface area contributed by atoms with Crippen molar-refractivity contribution >= 4 is 62.9 Å². The lowest BCUT2D eigenvalue weighted by Crippen LogP contribution is -2.34. The van der Waals surface area contributed by atoms with Gasteiger partial charge in [0.1, 0.15) is 5.69 Å². The Morgan fingerprint density at radius 2 is 1.79 bits per heavy atom. The minimum Gasteiger partial charge on any atom is -0.366 e. The minimum atomic E-state index is -0.490. The molecule has 3 rings (SSSR count). The second kappa shape index (κ2) is 9.28. The molecule has 2 N–H and O–H groups in total. The van der Waals surface area contributed by atoms with Crippen LogP contribution in [0.25, 0.3) is 0 Å². The minimum absolute atomic E-state index is 0.0638. The van der Waals surface area contributed by atoms with Crippen molar-refractivity contribution in [3.05, 3.63) is 61.7 Å². The van der Waals surface area contributed by atoms with Gasteiger partial charge < -0.3 is 10.2 Å². The highest BCUT2D eigenvalue weighted by atomic mass is 127. The van der Waals surface area contributed by atoms with Gasteiger partial charge in [0, 0.05) is 34.0 Å². The maximum Gasteiger partial charge on any atom is 0.293 e. The number of carbonyl (C=O) groups is 1. The highest BCUT2D eigenvalue weighted by Gasteiger charge is 2.23. The molecular formula is C19H19IN4O3S. The Kier molecular flexibility index (Phi) is 6.79. The van der Waals surface area contributed by atoms with Crippen LogP contribution in [0.15, 0.2) is 42.5 Å². The summed E-state index contributed by atoms with van der Waals surface area (Å²) in [5.41, 5.74) is 1.43. The predicted molar refractivity (Wildman–Crippen MR) is 122 cm³/mol. The van der Waals surface area contributed by atoms with Crippen molar-refractivity contribution in [1.29, 1.82) is 0 Å². The highest BCUT2D eigenvalue weighted by molar-refractivity contribution is 14.1. The topological polar surface area (TPSA) is 87.5 Å². The average molecular weight is 510 g/mol. The van der Waals surface area contributed by atoms with E-state index in [-0.39, 0.29) is 16.4 Å².